The number of amides is 2. The molecule has 4 heteroatoms. The lowest BCUT2D eigenvalue weighted by Crippen LogP contribution is -2.41. The molecule has 0 heterocycles. The van der Waals surface area contributed by atoms with E-state index in [2.05, 4.69) is 12.2 Å². The van der Waals surface area contributed by atoms with E-state index in [-0.39, 0.29) is 12.6 Å². The van der Waals surface area contributed by atoms with Crippen molar-refractivity contribution in [3.05, 3.63) is 35.9 Å². The highest BCUT2D eigenvalue weighted by Gasteiger charge is 2.11. The number of hydrogen-bond acceptors (Lipinski definition) is 2. The van der Waals surface area contributed by atoms with E-state index in [1.807, 2.05) is 30.3 Å². The molecular formula is C28H50N2O2. The van der Waals surface area contributed by atoms with E-state index in [0.717, 1.165) is 24.9 Å². The van der Waals surface area contributed by atoms with Crippen molar-refractivity contribution >= 4 is 6.03 Å². The molecule has 1 aromatic carbocycles. The van der Waals surface area contributed by atoms with Crippen molar-refractivity contribution in [2.24, 2.45) is 0 Å². The highest BCUT2D eigenvalue weighted by molar-refractivity contribution is 5.74. The topological polar surface area (TPSA) is 52.6 Å². The van der Waals surface area contributed by atoms with Crippen LogP contribution in [0.25, 0.3) is 0 Å². The van der Waals surface area contributed by atoms with E-state index in [1.54, 1.807) is 4.90 Å². The molecule has 0 aromatic heterocycles. The van der Waals surface area contributed by atoms with Crippen LogP contribution in [0.5, 0.6) is 0 Å². The molecule has 2 amide bonds. The average molecular weight is 447 g/mol. The summed E-state index contributed by atoms with van der Waals surface area (Å²) >= 11 is 0. The first-order valence-electron chi connectivity index (χ1n) is 13.5. The Bertz CT molecular complexity index is 535. The molecule has 2 N–H and O–H groups in total. The van der Waals surface area contributed by atoms with E-state index in [0.29, 0.717) is 13.1 Å². The van der Waals surface area contributed by atoms with Gasteiger partial charge in [-0.1, -0.05) is 134 Å². The van der Waals surface area contributed by atoms with Gasteiger partial charge in [0.25, 0.3) is 0 Å². The molecule has 0 saturated carbocycles. The lowest BCUT2D eigenvalue weighted by molar-refractivity contribution is 0.175. The Morgan fingerprint density at radius 3 is 1.66 bits per heavy atom. The van der Waals surface area contributed by atoms with Crippen LogP contribution in [0.1, 0.15) is 115 Å². The number of nitrogens with one attached hydrogen (secondary N) is 1. The van der Waals surface area contributed by atoms with Gasteiger partial charge in [0.1, 0.15) is 0 Å². The number of hydrogen-bond donors (Lipinski definition) is 2. The maximum Gasteiger partial charge on any atom is 0.317 e. The smallest absolute Gasteiger partial charge is 0.317 e. The Morgan fingerprint density at radius 2 is 1.19 bits per heavy atom. The van der Waals surface area contributed by atoms with E-state index < -0.39 is 0 Å². The predicted octanol–water partition coefficient (Wildman–Crippen LogP) is 7.45. The minimum atomic E-state index is -0.0798. The number of benzene rings is 1. The molecule has 0 aliphatic rings. The Balaban J connectivity index is 1.94. The summed E-state index contributed by atoms with van der Waals surface area (Å²) in [5.41, 5.74) is 1.09. The fourth-order valence-corrected chi connectivity index (χ4v) is 4.17. The monoisotopic (exact) mass is 446 g/mol. The normalized spacial score (nSPS) is 10.9. The van der Waals surface area contributed by atoms with Crippen LogP contribution in [-0.2, 0) is 6.54 Å². The van der Waals surface area contributed by atoms with Crippen molar-refractivity contribution in [3.8, 4) is 0 Å². The number of carbonyl (C=O) groups is 1. The molecule has 1 aromatic rings. The fraction of sp³-hybridized carbons (Fsp3) is 0.750. The van der Waals surface area contributed by atoms with E-state index in [1.165, 1.54) is 89.9 Å². The standard InChI is InChI=1S/C28H50N2O2/c1-2-3-4-5-6-7-8-9-10-11-12-13-14-15-16-20-23-30(24-25-31)28(32)29-26-27-21-18-17-19-22-27/h17-19,21-22,31H,2-16,20,23-26H2,1H3,(H,29,32). The van der Waals surface area contributed by atoms with Gasteiger partial charge in [0.15, 0.2) is 0 Å². The van der Waals surface area contributed by atoms with E-state index in [9.17, 15) is 9.90 Å². The summed E-state index contributed by atoms with van der Waals surface area (Å²) in [6.45, 7) is 3.94. The zero-order chi connectivity index (χ0) is 23.1. The van der Waals surface area contributed by atoms with Gasteiger partial charge in [0, 0.05) is 19.6 Å². The number of rotatable bonds is 21. The molecule has 0 fully saturated rings. The predicted molar refractivity (Wildman–Crippen MR) is 137 cm³/mol. The molecule has 0 radical (unpaired) electrons. The summed E-state index contributed by atoms with van der Waals surface area (Å²) in [4.78, 5) is 14.1. The third kappa shape index (κ3) is 16.1. The summed E-state index contributed by atoms with van der Waals surface area (Å²) in [5, 5.41) is 12.2. The van der Waals surface area contributed by atoms with Gasteiger partial charge in [0.2, 0.25) is 0 Å². The van der Waals surface area contributed by atoms with E-state index >= 15 is 0 Å². The average Bonchev–Trinajstić information content (AvgIpc) is 2.82. The lowest BCUT2D eigenvalue weighted by atomic mass is 10.0. The van der Waals surface area contributed by atoms with Crippen LogP contribution in [-0.4, -0.2) is 35.7 Å². The Labute approximate surface area is 198 Å². The number of unbranched alkanes of at least 4 members (excludes halogenated alkanes) is 15. The Morgan fingerprint density at radius 1 is 0.719 bits per heavy atom. The van der Waals surface area contributed by atoms with Gasteiger partial charge >= 0.3 is 6.03 Å². The minimum Gasteiger partial charge on any atom is -0.395 e. The van der Waals surface area contributed by atoms with Gasteiger partial charge in [-0.3, -0.25) is 0 Å². The van der Waals surface area contributed by atoms with Crippen LogP contribution in [0.15, 0.2) is 30.3 Å². The van der Waals surface area contributed by atoms with Crippen molar-refractivity contribution in [2.45, 2.75) is 116 Å². The van der Waals surface area contributed by atoms with Crippen molar-refractivity contribution in [1.29, 1.82) is 0 Å². The van der Waals surface area contributed by atoms with Crippen LogP contribution in [0.4, 0.5) is 4.79 Å². The third-order valence-electron chi connectivity index (χ3n) is 6.23. The van der Waals surface area contributed by atoms with E-state index in [4.69, 9.17) is 0 Å². The summed E-state index contributed by atoms with van der Waals surface area (Å²) in [5.74, 6) is 0. The quantitative estimate of drug-likeness (QED) is 0.193. The number of aliphatic hydroxyl groups is 1. The first-order valence-corrected chi connectivity index (χ1v) is 13.5. The molecule has 0 unspecified atom stereocenters. The maximum atomic E-state index is 12.4. The maximum absolute atomic E-state index is 12.4. The zero-order valence-electron chi connectivity index (χ0n) is 20.8. The fourth-order valence-electron chi connectivity index (χ4n) is 4.17. The second-order valence-electron chi connectivity index (χ2n) is 9.16. The van der Waals surface area contributed by atoms with Gasteiger partial charge in [-0.05, 0) is 12.0 Å². The first-order chi connectivity index (χ1) is 15.8. The Kier molecular flexibility index (Phi) is 19.0. The van der Waals surface area contributed by atoms with Crippen molar-refractivity contribution in [2.75, 3.05) is 19.7 Å². The van der Waals surface area contributed by atoms with Crippen molar-refractivity contribution < 1.29 is 9.90 Å². The summed E-state index contributed by atoms with van der Waals surface area (Å²) in [6, 6.07) is 9.86. The van der Waals surface area contributed by atoms with Crippen molar-refractivity contribution in [3.63, 3.8) is 0 Å². The Hall–Kier alpha value is -1.55. The third-order valence-corrected chi connectivity index (χ3v) is 6.23. The highest BCUT2D eigenvalue weighted by atomic mass is 16.3. The van der Waals surface area contributed by atoms with Crippen LogP contribution >= 0.6 is 0 Å². The van der Waals surface area contributed by atoms with Gasteiger partial charge < -0.3 is 15.3 Å². The molecule has 0 spiro atoms. The molecule has 0 saturated heterocycles. The molecular weight excluding hydrogens is 396 g/mol. The van der Waals surface area contributed by atoms with Gasteiger partial charge in [-0.25, -0.2) is 4.79 Å². The molecule has 1 rings (SSSR count). The lowest BCUT2D eigenvalue weighted by Gasteiger charge is -2.22. The zero-order valence-corrected chi connectivity index (χ0v) is 20.8. The molecule has 0 aliphatic carbocycles. The van der Waals surface area contributed by atoms with Crippen LogP contribution < -0.4 is 5.32 Å². The molecule has 4 nitrogen and oxygen atoms in total. The second-order valence-corrected chi connectivity index (χ2v) is 9.16. The summed E-state index contributed by atoms with van der Waals surface area (Å²) in [6.07, 6.45) is 21.6. The van der Waals surface area contributed by atoms with Crippen LogP contribution in [0, 0.1) is 0 Å². The number of carbonyl (C=O) groups excluding carboxylic acids is 1. The van der Waals surface area contributed by atoms with Gasteiger partial charge in [-0.2, -0.15) is 0 Å². The van der Waals surface area contributed by atoms with Crippen LogP contribution in [0.3, 0.4) is 0 Å². The molecule has 184 valence electrons. The SMILES string of the molecule is CCCCCCCCCCCCCCCCCCN(CCO)C(=O)NCc1ccccc1. The highest BCUT2D eigenvalue weighted by Crippen LogP contribution is 2.14. The largest absolute Gasteiger partial charge is 0.395 e. The number of nitrogens with zero attached hydrogens (tertiary/aromatic N) is 1. The molecule has 0 bridgehead atoms. The molecule has 32 heavy (non-hydrogen) atoms. The minimum absolute atomic E-state index is 0.0115. The number of urea groups is 1. The molecule has 0 aliphatic heterocycles. The summed E-state index contributed by atoms with van der Waals surface area (Å²) < 4.78 is 0. The van der Waals surface area contributed by atoms with Crippen LogP contribution in [0.2, 0.25) is 0 Å². The summed E-state index contributed by atoms with van der Waals surface area (Å²) in [7, 11) is 0. The number of aliphatic hydroxyl groups excluding tert-OH is 1. The molecule has 0 atom stereocenters. The second kappa shape index (κ2) is 21.3. The van der Waals surface area contributed by atoms with Gasteiger partial charge in [0.05, 0.1) is 6.61 Å². The van der Waals surface area contributed by atoms with Gasteiger partial charge in [-0.15, -0.1) is 0 Å². The van der Waals surface area contributed by atoms with Crippen molar-refractivity contribution in [1.82, 2.24) is 10.2 Å². The first kappa shape index (κ1) is 28.5.